The smallest absolute Gasteiger partial charge is 0.338 e. The van der Waals surface area contributed by atoms with Crippen molar-refractivity contribution >= 4 is 5.97 Å². The minimum atomic E-state index is -0.252. The molecule has 1 aliphatic heterocycles. The Bertz CT molecular complexity index is 304. The van der Waals surface area contributed by atoms with Crippen LogP contribution in [0.25, 0.3) is 0 Å². The Morgan fingerprint density at radius 2 is 2.07 bits per heavy atom. The molecule has 0 aromatic heterocycles. The van der Waals surface area contributed by atoms with Gasteiger partial charge in [-0.3, -0.25) is 0 Å². The van der Waals surface area contributed by atoms with Gasteiger partial charge in [0, 0.05) is 5.92 Å². The highest BCUT2D eigenvalue weighted by atomic mass is 16.5. The van der Waals surface area contributed by atoms with Gasteiger partial charge in [-0.1, -0.05) is 18.2 Å². The molecule has 0 amide bonds. The van der Waals surface area contributed by atoms with E-state index in [2.05, 4.69) is 0 Å². The lowest BCUT2D eigenvalue weighted by Crippen LogP contribution is -2.32. The molecule has 0 bridgehead atoms. The van der Waals surface area contributed by atoms with Gasteiger partial charge in [-0.15, -0.1) is 0 Å². The van der Waals surface area contributed by atoms with Gasteiger partial charge in [0.15, 0.2) is 0 Å². The highest BCUT2D eigenvalue weighted by Gasteiger charge is 2.20. The number of carbonyl (C=O) groups excluding carboxylic acids is 1. The molecule has 3 nitrogen and oxygen atoms in total. The van der Waals surface area contributed by atoms with Crippen LogP contribution in [0.2, 0.25) is 0 Å². The summed E-state index contributed by atoms with van der Waals surface area (Å²) in [5.41, 5.74) is 0.604. The second kappa shape index (κ2) is 4.24. The van der Waals surface area contributed by atoms with E-state index in [9.17, 15) is 4.79 Å². The van der Waals surface area contributed by atoms with Crippen LogP contribution in [0.1, 0.15) is 10.4 Å². The van der Waals surface area contributed by atoms with E-state index in [4.69, 9.17) is 9.47 Å². The van der Waals surface area contributed by atoms with E-state index in [1.54, 1.807) is 12.1 Å². The van der Waals surface area contributed by atoms with Crippen molar-refractivity contribution in [1.82, 2.24) is 0 Å². The molecule has 0 aliphatic carbocycles. The number of rotatable bonds is 3. The fourth-order valence-electron chi connectivity index (χ4n) is 1.23. The first-order valence-corrected chi connectivity index (χ1v) is 4.66. The lowest BCUT2D eigenvalue weighted by molar-refractivity contribution is -0.0613. The zero-order valence-electron chi connectivity index (χ0n) is 7.81. The first-order chi connectivity index (χ1) is 6.86. The Kier molecular flexibility index (Phi) is 2.79. The minimum Gasteiger partial charge on any atom is -0.462 e. The summed E-state index contributed by atoms with van der Waals surface area (Å²) >= 11 is 0. The van der Waals surface area contributed by atoms with Gasteiger partial charge >= 0.3 is 5.97 Å². The number of ether oxygens (including phenoxy) is 2. The van der Waals surface area contributed by atoms with Crippen molar-refractivity contribution in [1.29, 1.82) is 0 Å². The molecule has 74 valence electrons. The molecule has 0 unspecified atom stereocenters. The molecule has 1 heterocycles. The lowest BCUT2D eigenvalue weighted by atomic mass is 10.1. The Balaban J connectivity index is 1.83. The number of hydrogen-bond acceptors (Lipinski definition) is 3. The third-order valence-electron chi connectivity index (χ3n) is 2.17. The maximum absolute atomic E-state index is 11.4. The summed E-state index contributed by atoms with van der Waals surface area (Å²) < 4.78 is 10.1. The van der Waals surface area contributed by atoms with E-state index in [-0.39, 0.29) is 5.97 Å². The first kappa shape index (κ1) is 9.21. The van der Waals surface area contributed by atoms with Gasteiger partial charge in [-0.05, 0) is 12.1 Å². The van der Waals surface area contributed by atoms with Gasteiger partial charge in [-0.2, -0.15) is 0 Å². The molecule has 1 aromatic rings. The Labute approximate surface area is 82.6 Å². The molecule has 0 saturated carbocycles. The predicted octanol–water partition coefficient (Wildman–Crippen LogP) is 1.49. The highest BCUT2D eigenvalue weighted by molar-refractivity contribution is 5.89. The summed E-state index contributed by atoms with van der Waals surface area (Å²) in [6.07, 6.45) is 0. The van der Waals surface area contributed by atoms with Crippen molar-refractivity contribution in [3.05, 3.63) is 35.9 Å². The number of hydrogen-bond donors (Lipinski definition) is 0. The first-order valence-electron chi connectivity index (χ1n) is 4.66. The molecular weight excluding hydrogens is 180 g/mol. The van der Waals surface area contributed by atoms with E-state index >= 15 is 0 Å². The SMILES string of the molecule is O=C(OCC1COC1)c1ccccc1. The summed E-state index contributed by atoms with van der Waals surface area (Å²) in [7, 11) is 0. The topological polar surface area (TPSA) is 35.5 Å². The molecule has 1 aliphatic rings. The van der Waals surface area contributed by atoms with Crippen LogP contribution >= 0.6 is 0 Å². The van der Waals surface area contributed by atoms with E-state index in [0.717, 1.165) is 0 Å². The van der Waals surface area contributed by atoms with Crippen molar-refractivity contribution < 1.29 is 14.3 Å². The monoisotopic (exact) mass is 192 g/mol. The van der Waals surface area contributed by atoms with Gasteiger partial charge in [0.2, 0.25) is 0 Å². The zero-order valence-corrected chi connectivity index (χ0v) is 7.81. The summed E-state index contributed by atoms with van der Waals surface area (Å²) in [6.45, 7) is 1.89. The summed E-state index contributed by atoms with van der Waals surface area (Å²) in [6, 6.07) is 9.02. The van der Waals surface area contributed by atoms with Crippen molar-refractivity contribution in [3.8, 4) is 0 Å². The van der Waals surface area contributed by atoms with Crippen molar-refractivity contribution in [2.45, 2.75) is 0 Å². The van der Waals surface area contributed by atoms with Gasteiger partial charge in [-0.25, -0.2) is 4.79 Å². The van der Waals surface area contributed by atoms with Gasteiger partial charge in [0.05, 0.1) is 25.4 Å². The van der Waals surface area contributed by atoms with Gasteiger partial charge < -0.3 is 9.47 Å². The van der Waals surface area contributed by atoms with E-state index in [0.29, 0.717) is 31.3 Å². The number of carbonyl (C=O) groups is 1. The van der Waals surface area contributed by atoms with Crippen molar-refractivity contribution in [3.63, 3.8) is 0 Å². The van der Waals surface area contributed by atoms with Crippen LogP contribution in [-0.4, -0.2) is 25.8 Å². The summed E-state index contributed by atoms with van der Waals surface area (Å²) in [5.74, 6) is 0.139. The normalized spacial score (nSPS) is 16.0. The lowest BCUT2D eigenvalue weighted by Gasteiger charge is -2.25. The molecule has 0 N–H and O–H groups in total. The molecule has 14 heavy (non-hydrogen) atoms. The zero-order chi connectivity index (χ0) is 9.80. The molecule has 1 fully saturated rings. The maximum atomic E-state index is 11.4. The molecule has 3 heteroatoms. The molecule has 0 spiro atoms. The van der Waals surface area contributed by atoms with Crippen molar-refractivity contribution in [2.24, 2.45) is 5.92 Å². The van der Waals surface area contributed by atoms with E-state index in [1.165, 1.54) is 0 Å². The van der Waals surface area contributed by atoms with Crippen molar-refractivity contribution in [2.75, 3.05) is 19.8 Å². The molecular formula is C11H12O3. The molecule has 1 saturated heterocycles. The molecule has 2 rings (SSSR count). The Morgan fingerprint density at radius 1 is 1.36 bits per heavy atom. The van der Waals surface area contributed by atoms with E-state index in [1.807, 2.05) is 18.2 Å². The number of esters is 1. The quantitative estimate of drug-likeness (QED) is 0.680. The van der Waals surface area contributed by atoms with Crippen LogP contribution in [-0.2, 0) is 9.47 Å². The van der Waals surface area contributed by atoms with Crippen LogP contribution in [0, 0.1) is 5.92 Å². The predicted molar refractivity (Wildman–Crippen MR) is 51.0 cm³/mol. The molecule has 1 aromatic carbocycles. The average molecular weight is 192 g/mol. The van der Waals surface area contributed by atoms with Crippen LogP contribution in [0.5, 0.6) is 0 Å². The summed E-state index contributed by atoms with van der Waals surface area (Å²) in [5, 5.41) is 0. The third kappa shape index (κ3) is 2.12. The van der Waals surface area contributed by atoms with Gasteiger partial charge in [0.1, 0.15) is 0 Å². The van der Waals surface area contributed by atoms with Crippen LogP contribution in [0.3, 0.4) is 0 Å². The van der Waals surface area contributed by atoms with E-state index < -0.39 is 0 Å². The standard InChI is InChI=1S/C11H12O3/c12-11(10-4-2-1-3-5-10)14-8-9-6-13-7-9/h1-5,9H,6-8H2. The van der Waals surface area contributed by atoms with Gasteiger partial charge in [0.25, 0.3) is 0 Å². The molecule has 0 atom stereocenters. The second-order valence-electron chi connectivity index (χ2n) is 3.37. The fraction of sp³-hybridized carbons (Fsp3) is 0.364. The Hall–Kier alpha value is -1.35. The number of benzene rings is 1. The fourth-order valence-corrected chi connectivity index (χ4v) is 1.23. The minimum absolute atomic E-state index is 0.252. The van der Waals surface area contributed by atoms with Crippen LogP contribution in [0.4, 0.5) is 0 Å². The van der Waals surface area contributed by atoms with Crippen LogP contribution in [0.15, 0.2) is 30.3 Å². The second-order valence-corrected chi connectivity index (χ2v) is 3.37. The molecule has 0 radical (unpaired) electrons. The largest absolute Gasteiger partial charge is 0.462 e. The third-order valence-corrected chi connectivity index (χ3v) is 2.17. The highest BCUT2D eigenvalue weighted by Crippen LogP contribution is 2.11. The van der Waals surface area contributed by atoms with Crippen LogP contribution < -0.4 is 0 Å². The maximum Gasteiger partial charge on any atom is 0.338 e. The summed E-state index contributed by atoms with van der Waals surface area (Å²) in [4.78, 5) is 11.4. The Morgan fingerprint density at radius 3 is 2.64 bits per heavy atom. The average Bonchev–Trinajstić information content (AvgIpc) is 2.16.